The van der Waals surface area contributed by atoms with E-state index in [0.717, 1.165) is 4.47 Å². The molecule has 0 radical (unpaired) electrons. The summed E-state index contributed by atoms with van der Waals surface area (Å²) in [5.74, 6) is 0.704. The summed E-state index contributed by atoms with van der Waals surface area (Å²) in [6, 6.07) is 1.76. The number of aliphatic hydroxyl groups is 1. The van der Waals surface area contributed by atoms with Gasteiger partial charge in [-0.15, -0.1) is 0 Å². The number of amides is 1. The van der Waals surface area contributed by atoms with Gasteiger partial charge in [0.1, 0.15) is 5.82 Å². The van der Waals surface area contributed by atoms with Gasteiger partial charge in [0.05, 0.1) is 11.7 Å². The Hall–Kier alpha value is -1.14. The number of carbonyl (C=O) groups is 1. The summed E-state index contributed by atoms with van der Waals surface area (Å²) < 4.78 is 0.769. The molecule has 1 heterocycles. The molecule has 0 saturated carbocycles. The third kappa shape index (κ3) is 5.09. The lowest BCUT2D eigenvalue weighted by atomic mass is 10.0. The number of pyridine rings is 1. The zero-order chi connectivity index (χ0) is 15.3. The van der Waals surface area contributed by atoms with E-state index < -0.39 is 0 Å². The predicted molar refractivity (Wildman–Crippen MR) is 84.1 cm³/mol. The van der Waals surface area contributed by atoms with E-state index in [0.29, 0.717) is 24.3 Å². The molecule has 2 unspecified atom stereocenters. The second kappa shape index (κ2) is 7.59. The van der Waals surface area contributed by atoms with E-state index in [2.05, 4.69) is 26.2 Å². The molecule has 0 aromatic carbocycles. The lowest BCUT2D eigenvalue weighted by Crippen LogP contribution is -2.31. The standard InChI is InChI=1S/C14H22BrN3O2/c1-9(5-10(2)19)7-17-14(20)12-6-11(15)8-16-13(12)18(3)4/h6,8-10,19H,5,7H2,1-4H3,(H,17,20). The second-order valence-corrected chi connectivity index (χ2v) is 6.23. The number of aliphatic hydroxyl groups excluding tert-OH is 1. The second-order valence-electron chi connectivity index (χ2n) is 5.32. The summed E-state index contributed by atoms with van der Waals surface area (Å²) in [5, 5.41) is 12.2. The largest absolute Gasteiger partial charge is 0.393 e. The van der Waals surface area contributed by atoms with Gasteiger partial charge in [0.2, 0.25) is 0 Å². The fourth-order valence-electron chi connectivity index (χ4n) is 1.98. The van der Waals surface area contributed by atoms with E-state index in [1.807, 2.05) is 21.0 Å². The molecule has 2 N–H and O–H groups in total. The molecule has 112 valence electrons. The van der Waals surface area contributed by atoms with Crippen molar-refractivity contribution in [3.63, 3.8) is 0 Å². The van der Waals surface area contributed by atoms with Crippen LogP contribution in [0.25, 0.3) is 0 Å². The Labute approximate surface area is 128 Å². The van der Waals surface area contributed by atoms with Crippen molar-refractivity contribution < 1.29 is 9.90 Å². The summed E-state index contributed by atoms with van der Waals surface area (Å²) in [6.07, 6.45) is 1.98. The minimum absolute atomic E-state index is 0.153. The summed E-state index contributed by atoms with van der Waals surface area (Å²) in [7, 11) is 3.70. The van der Waals surface area contributed by atoms with E-state index in [1.165, 1.54) is 0 Å². The Bertz CT molecular complexity index is 464. The summed E-state index contributed by atoms with van der Waals surface area (Å²) >= 11 is 3.33. The monoisotopic (exact) mass is 343 g/mol. The predicted octanol–water partition coefficient (Wildman–Crippen LogP) is 2.05. The highest BCUT2D eigenvalue weighted by Crippen LogP contribution is 2.20. The van der Waals surface area contributed by atoms with E-state index >= 15 is 0 Å². The molecule has 1 rings (SSSR count). The molecular weight excluding hydrogens is 322 g/mol. The number of hydrogen-bond acceptors (Lipinski definition) is 4. The molecule has 0 bridgehead atoms. The number of aromatic nitrogens is 1. The van der Waals surface area contributed by atoms with Crippen molar-refractivity contribution >= 4 is 27.7 Å². The van der Waals surface area contributed by atoms with Gasteiger partial charge in [0.25, 0.3) is 5.91 Å². The quantitative estimate of drug-likeness (QED) is 0.829. The van der Waals surface area contributed by atoms with Crippen molar-refractivity contribution in [2.24, 2.45) is 5.92 Å². The number of carbonyl (C=O) groups excluding carboxylic acids is 1. The smallest absolute Gasteiger partial charge is 0.255 e. The first-order valence-electron chi connectivity index (χ1n) is 6.60. The highest BCUT2D eigenvalue weighted by atomic mass is 79.9. The average Bonchev–Trinajstić information content (AvgIpc) is 2.34. The van der Waals surface area contributed by atoms with Crippen LogP contribution in [0.15, 0.2) is 16.7 Å². The number of halogens is 1. The van der Waals surface area contributed by atoms with E-state index in [9.17, 15) is 9.90 Å². The summed E-state index contributed by atoms with van der Waals surface area (Å²) in [4.78, 5) is 18.3. The lowest BCUT2D eigenvalue weighted by Gasteiger charge is -2.18. The number of rotatable bonds is 6. The minimum atomic E-state index is -0.355. The van der Waals surface area contributed by atoms with Crippen molar-refractivity contribution in [1.82, 2.24) is 10.3 Å². The zero-order valence-electron chi connectivity index (χ0n) is 12.4. The van der Waals surface area contributed by atoms with Crippen molar-refractivity contribution in [3.8, 4) is 0 Å². The lowest BCUT2D eigenvalue weighted by molar-refractivity contribution is 0.0939. The number of nitrogens with one attached hydrogen (secondary N) is 1. The van der Waals surface area contributed by atoms with Crippen LogP contribution in [0.1, 0.15) is 30.6 Å². The van der Waals surface area contributed by atoms with Crippen LogP contribution in [-0.2, 0) is 0 Å². The van der Waals surface area contributed by atoms with Crippen LogP contribution in [0.5, 0.6) is 0 Å². The van der Waals surface area contributed by atoms with Gasteiger partial charge in [-0.1, -0.05) is 6.92 Å². The maximum Gasteiger partial charge on any atom is 0.255 e. The van der Waals surface area contributed by atoms with Gasteiger partial charge in [-0.2, -0.15) is 0 Å². The molecule has 1 amide bonds. The Balaban J connectivity index is 2.74. The van der Waals surface area contributed by atoms with Gasteiger partial charge in [0, 0.05) is 31.3 Å². The van der Waals surface area contributed by atoms with Crippen LogP contribution in [0.2, 0.25) is 0 Å². The zero-order valence-corrected chi connectivity index (χ0v) is 13.9. The third-order valence-corrected chi connectivity index (χ3v) is 3.29. The molecule has 0 aliphatic rings. The maximum atomic E-state index is 12.3. The van der Waals surface area contributed by atoms with Crippen molar-refractivity contribution in [2.45, 2.75) is 26.4 Å². The van der Waals surface area contributed by atoms with Gasteiger partial charge in [-0.05, 0) is 41.3 Å². The summed E-state index contributed by atoms with van der Waals surface area (Å²) in [5.41, 5.74) is 0.536. The van der Waals surface area contributed by atoms with E-state index in [4.69, 9.17) is 0 Å². The van der Waals surface area contributed by atoms with Gasteiger partial charge in [0.15, 0.2) is 0 Å². The van der Waals surface area contributed by atoms with Crippen LogP contribution >= 0.6 is 15.9 Å². The highest BCUT2D eigenvalue weighted by molar-refractivity contribution is 9.10. The number of nitrogens with zero attached hydrogens (tertiary/aromatic N) is 2. The fourth-order valence-corrected chi connectivity index (χ4v) is 2.31. The molecule has 0 saturated heterocycles. The van der Waals surface area contributed by atoms with Gasteiger partial charge in [-0.25, -0.2) is 4.98 Å². The van der Waals surface area contributed by atoms with Gasteiger partial charge < -0.3 is 15.3 Å². The summed E-state index contributed by atoms with van der Waals surface area (Å²) in [6.45, 7) is 4.28. The molecule has 0 aliphatic carbocycles. The molecule has 0 spiro atoms. The molecular formula is C14H22BrN3O2. The van der Waals surface area contributed by atoms with E-state index in [-0.39, 0.29) is 17.9 Å². The van der Waals surface area contributed by atoms with Crippen molar-refractivity contribution in [2.75, 3.05) is 25.5 Å². The molecule has 20 heavy (non-hydrogen) atoms. The average molecular weight is 344 g/mol. The molecule has 5 nitrogen and oxygen atoms in total. The molecule has 0 aliphatic heterocycles. The van der Waals surface area contributed by atoms with Crippen molar-refractivity contribution in [1.29, 1.82) is 0 Å². The van der Waals surface area contributed by atoms with Crippen LogP contribution < -0.4 is 10.2 Å². The first-order valence-corrected chi connectivity index (χ1v) is 7.39. The first kappa shape index (κ1) is 16.9. The normalized spacial score (nSPS) is 13.7. The third-order valence-electron chi connectivity index (χ3n) is 2.86. The molecule has 2 atom stereocenters. The van der Waals surface area contributed by atoms with Crippen LogP contribution in [0.4, 0.5) is 5.82 Å². The number of anilines is 1. The SMILES string of the molecule is CC(O)CC(C)CNC(=O)c1cc(Br)cnc1N(C)C. The number of hydrogen-bond donors (Lipinski definition) is 2. The minimum Gasteiger partial charge on any atom is -0.393 e. The van der Waals surface area contributed by atoms with Crippen LogP contribution in [-0.4, -0.2) is 42.7 Å². The van der Waals surface area contributed by atoms with Crippen LogP contribution in [0, 0.1) is 5.92 Å². The maximum absolute atomic E-state index is 12.3. The topological polar surface area (TPSA) is 65.5 Å². The molecule has 0 fully saturated rings. The molecule has 1 aromatic rings. The Morgan fingerprint density at radius 3 is 2.70 bits per heavy atom. The Morgan fingerprint density at radius 2 is 2.15 bits per heavy atom. The van der Waals surface area contributed by atoms with E-state index in [1.54, 1.807) is 24.1 Å². The van der Waals surface area contributed by atoms with Gasteiger partial charge >= 0.3 is 0 Å². The molecule has 6 heteroatoms. The van der Waals surface area contributed by atoms with Crippen LogP contribution in [0.3, 0.4) is 0 Å². The Kier molecular flexibility index (Phi) is 6.42. The first-order chi connectivity index (χ1) is 9.31. The van der Waals surface area contributed by atoms with Crippen molar-refractivity contribution in [3.05, 3.63) is 22.3 Å². The fraction of sp³-hybridized carbons (Fsp3) is 0.571. The van der Waals surface area contributed by atoms with Gasteiger partial charge in [-0.3, -0.25) is 4.79 Å². The highest BCUT2D eigenvalue weighted by Gasteiger charge is 2.16. The Morgan fingerprint density at radius 1 is 1.50 bits per heavy atom. The molecule has 1 aromatic heterocycles.